The molecule has 1 aromatic carbocycles. The Morgan fingerprint density at radius 3 is 3.00 bits per heavy atom. The lowest BCUT2D eigenvalue weighted by Crippen LogP contribution is -2.00. The number of ether oxygens (including phenoxy) is 1. The number of phenolic OH excluding ortho intramolecular Hbond substituents is 1. The second kappa shape index (κ2) is 4.86. The van der Waals surface area contributed by atoms with Gasteiger partial charge in [-0.05, 0) is 23.8 Å². The summed E-state index contributed by atoms with van der Waals surface area (Å²) in [6.07, 6.45) is 1.91. The third kappa shape index (κ3) is 2.48. The van der Waals surface area contributed by atoms with Gasteiger partial charge in [-0.25, -0.2) is 5.43 Å². The molecule has 74 valence electrons. The Morgan fingerprint density at radius 1 is 1.57 bits per heavy atom. The summed E-state index contributed by atoms with van der Waals surface area (Å²) in [7, 11) is 1.46. The largest absolute Gasteiger partial charge is 0.504 e. The molecule has 0 aliphatic carbocycles. The molecule has 2 N–H and O–H groups in total. The second-order valence-corrected chi connectivity index (χ2v) is 2.44. The molecular formula is C9H10N2O3. The number of carbonyl (C=O) groups excluding carboxylic acids is 1. The van der Waals surface area contributed by atoms with Crippen LogP contribution in [0.1, 0.15) is 5.56 Å². The second-order valence-electron chi connectivity index (χ2n) is 2.44. The molecule has 1 aromatic rings. The van der Waals surface area contributed by atoms with Gasteiger partial charge >= 0.3 is 0 Å². The molecule has 0 bridgehead atoms. The summed E-state index contributed by atoms with van der Waals surface area (Å²) >= 11 is 0. The fraction of sp³-hybridized carbons (Fsp3) is 0.111. The van der Waals surface area contributed by atoms with E-state index in [2.05, 4.69) is 10.5 Å². The summed E-state index contributed by atoms with van der Waals surface area (Å²) in [4.78, 5) is 9.88. The molecule has 0 radical (unpaired) electrons. The predicted molar refractivity (Wildman–Crippen MR) is 51.5 cm³/mol. The summed E-state index contributed by atoms with van der Waals surface area (Å²) in [6, 6.07) is 4.74. The number of carbonyl (C=O) groups is 1. The molecule has 0 spiro atoms. The van der Waals surface area contributed by atoms with E-state index in [0.29, 0.717) is 17.7 Å². The van der Waals surface area contributed by atoms with Crippen molar-refractivity contribution in [2.45, 2.75) is 0 Å². The number of nitrogens with zero attached hydrogens (tertiary/aromatic N) is 1. The minimum atomic E-state index is 0.0630. The van der Waals surface area contributed by atoms with E-state index in [1.807, 2.05) is 0 Å². The van der Waals surface area contributed by atoms with Crippen molar-refractivity contribution >= 4 is 12.6 Å². The van der Waals surface area contributed by atoms with Crippen molar-refractivity contribution in [2.75, 3.05) is 7.11 Å². The molecule has 0 unspecified atom stereocenters. The van der Waals surface area contributed by atoms with Gasteiger partial charge in [0.05, 0.1) is 13.3 Å². The van der Waals surface area contributed by atoms with Gasteiger partial charge in [-0.3, -0.25) is 4.79 Å². The highest BCUT2D eigenvalue weighted by Crippen LogP contribution is 2.25. The van der Waals surface area contributed by atoms with E-state index in [1.54, 1.807) is 12.1 Å². The highest BCUT2D eigenvalue weighted by molar-refractivity contribution is 5.81. The highest BCUT2D eigenvalue weighted by atomic mass is 16.5. The van der Waals surface area contributed by atoms with E-state index in [0.717, 1.165) is 0 Å². The van der Waals surface area contributed by atoms with Crippen LogP contribution in [0.25, 0.3) is 0 Å². The zero-order chi connectivity index (χ0) is 10.4. The number of rotatable bonds is 4. The van der Waals surface area contributed by atoms with Gasteiger partial charge in [0.15, 0.2) is 11.5 Å². The Labute approximate surface area is 81.0 Å². The smallest absolute Gasteiger partial charge is 0.227 e. The van der Waals surface area contributed by atoms with Crippen molar-refractivity contribution in [3.8, 4) is 11.5 Å². The monoisotopic (exact) mass is 194 g/mol. The summed E-state index contributed by atoms with van der Waals surface area (Å²) in [5.41, 5.74) is 2.85. The van der Waals surface area contributed by atoms with Crippen molar-refractivity contribution in [1.29, 1.82) is 0 Å². The summed E-state index contributed by atoms with van der Waals surface area (Å²) in [6.45, 7) is 0. The number of hydrogen-bond acceptors (Lipinski definition) is 4. The van der Waals surface area contributed by atoms with Crippen molar-refractivity contribution in [3.05, 3.63) is 23.8 Å². The van der Waals surface area contributed by atoms with Gasteiger partial charge < -0.3 is 9.84 Å². The van der Waals surface area contributed by atoms with E-state index in [9.17, 15) is 9.90 Å². The predicted octanol–water partition coefficient (Wildman–Crippen LogP) is 0.481. The molecule has 0 saturated heterocycles. The zero-order valence-electron chi connectivity index (χ0n) is 7.60. The number of amides is 1. The maximum Gasteiger partial charge on any atom is 0.227 e. The number of hydrazone groups is 1. The number of nitrogens with one attached hydrogen (secondary N) is 1. The van der Waals surface area contributed by atoms with E-state index < -0.39 is 0 Å². The van der Waals surface area contributed by atoms with Crippen molar-refractivity contribution < 1.29 is 14.6 Å². The number of aromatic hydroxyl groups is 1. The van der Waals surface area contributed by atoms with Gasteiger partial charge in [0.2, 0.25) is 6.41 Å². The van der Waals surface area contributed by atoms with Crippen LogP contribution in [-0.4, -0.2) is 24.8 Å². The first kappa shape index (κ1) is 10.0. The van der Waals surface area contributed by atoms with Crippen LogP contribution in [0.15, 0.2) is 23.3 Å². The van der Waals surface area contributed by atoms with Crippen LogP contribution in [0.3, 0.4) is 0 Å². The molecule has 1 amide bonds. The number of benzene rings is 1. The SMILES string of the molecule is COc1cc(C=NNC=O)ccc1O. The van der Waals surface area contributed by atoms with Crippen LogP contribution in [0, 0.1) is 0 Å². The maximum absolute atomic E-state index is 9.88. The Hall–Kier alpha value is -2.04. The van der Waals surface area contributed by atoms with Crippen LogP contribution in [-0.2, 0) is 4.79 Å². The van der Waals surface area contributed by atoms with Gasteiger partial charge in [-0.15, -0.1) is 0 Å². The Bertz CT molecular complexity index is 350. The normalized spacial score (nSPS) is 10.1. The quantitative estimate of drug-likeness (QED) is 0.416. The topological polar surface area (TPSA) is 70.9 Å². The van der Waals surface area contributed by atoms with Crippen LogP contribution in [0.5, 0.6) is 11.5 Å². The van der Waals surface area contributed by atoms with Gasteiger partial charge in [-0.2, -0.15) is 5.10 Å². The summed E-state index contributed by atoms with van der Waals surface area (Å²) in [5, 5.41) is 12.9. The highest BCUT2D eigenvalue weighted by Gasteiger charge is 2.00. The number of phenols is 1. The third-order valence-electron chi connectivity index (χ3n) is 1.54. The van der Waals surface area contributed by atoms with E-state index in [1.165, 1.54) is 19.4 Å². The fourth-order valence-corrected chi connectivity index (χ4v) is 0.917. The minimum Gasteiger partial charge on any atom is -0.504 e. The Kier molecular flexibility index (Phi) is 3.49. The van der Waals surface area contributed by atoms with Crippen LogP contribution >= 0.6 is 0 Å². The first-order valence-corrected chi connectivity index (χ1v) is 3.87. The molecule has 5 heteroatoms. The van der Waals surface area contributed by atoms with Crippen LogP contribution < -0.4 is 10.2 Å². The lowest BCUT2D eigenvalue weighted by molar-refractivity contribution is -0.109. The van der Waals surface area contributed by atoms with Gasteiger partial charge in [0.25, 0.3) is 0 Å². The molecule has 0 atom stereocenters. The standard InChI is InChI=1S/C9H10N2O3/c1-14-9-4-7(2-3-8(9)13)5-10-11-6-12/h2-6,13H,1H3,(H,11,12). The first-order valence-electron chi connectivity index (χ1n) is 3.87. The fourth-order valence-electron chi connectivity index (χ4n) is 0.917. The molecule has 0 saturated carbocycles. The van der Waals surface area contributed by atoms with Crippen LogP contribution in [0.2, 0.25) is 0 Å². The maximum atomic E-state index is 9.88. The minimum absolute atomic E-state index is 0.0630. The lowest BCUT2D eigenvalue weighted by atomic mass is 10.2. The number of methoxy groups -OCH3 is 1. The molecule has 0 fully saturated rings. The van der Waals surface area contributed by atoms with Gasteiger partial charge in [-0.1, -0.05) is 0 Å². The molecular weight excluding hydrogens is 184 g/mol. The van der Waals surface area contributed by atoms with E-state index in [4.69, 9.17) is 4.74 Å². The van der Waals surface area contributed by atoms with E-state index >= 15 is 0 Å². The average Bonchev–Trinajstić information content (AvgIpc) is 2.21. The lowest BCUT2D eigenvalue weighted by Gasteiger charge is -2.02. The Balaban J connectivity index is 2.83. The van der Waals surface area contributed by atoms with Crippen molar-refractivity contribution in [2.24, 2.45) is 5.10 Å². The Morgan fingerprint density at radius 2 is 2.36 bits per heavy atom. The molecule has 5 nitrogen and oxygen atoms in total. The zero-order valence-corrected chi connectivity index (χ0v) is 7.60. The molecule has 0 aliphatic rings. The first-order chi connectivity index (χ1) is 6.77. The van der Waals surface area contributed by atoms with Crippen molar-refractivity contribution in [3.63, 3.8) is 0 Å². The number of hydrogen-bond donors (Lipinski definition) is 2. The van der Waals surface area contributed by atoms with Gasteiger partial charge in [0.1, 0.15) is 0 Å². The van der Waals surface area contributed by atoms with Crippen LogP contribution in [0.4, 0.5) is 0 Å². The molecule has 1 rings (SSSR count). The van der Waals surface area contributed by atoms with Gasteiger partial charge in [0, 0.05) is 0 Å². The third-order valence-corrected chi connectivity index (χ3v) is 1.54. The van der Waals surface area contributed by atoms with E-state index in [-0.39, 0.29) is 5.75 Å². The molecule has 0 heterocycles. The average molecular weight is 194 g/mol. The molecule has 0 aromatic heterocycles. The molecule has 0 aliphatic heterocycles. The summed E-state index contributed by atoms with van der Waals surface area (Å²) < 4.78 is 4.89. The summed E-state index contributed by atoms with van der Waals surface area (Å²) in [5.74, 6) is 0.424. The molecule has 14 heavy (non-hydrogen) atoms. The van der Waals surface area contributed by atoms with Crippen molar-refractivity contribution in [1.82, 2.24) is 5.43 Å².